The molecule has 0 amide bonds. The van der Waals surface area contributed by atoms with Crippen LogP contribution in [0.15, 0.2) is 18.3 Å². The summed E-state index contributed by atoms with van der Waals surface area (Å²) in [6, 6.07) is 0. The second kappa shape index (κ2) is 5.27. The Hall–Kier alpha value is -1.66. The molecular weight excluding hydrogens is 319 g/mol. The van der Waals surface area contributed by atoms with E-state index in [2.05, 4.69) is 9.97 Å². The number of allylic oxidation sites excluding steroid dienone is 1. The highest BCUT2D eigenvalue weighted by atomic mass is 35.5. The minimum absolute atomic E-state index is 0.0356. The zero-order valence-corrected chi connectivity index (χ0v) is 12.5. The van der Waals surface area contributed by atoms with E-state index in [0.29, 0.717) is 0 Å². The van der Waals surface area contributed by atoms with Crippen LogP contribution in [0.5, 0.6) is 0 Å². The van der Waals surface area contributed by atoms with E-state index in [9.17, 15) is 19.8 Å². The maximum atomic E-state index is 11.9. The number of carboxylic acid groups (broad SMARTS) is 2. The van der Waals surface area contributed by atoms with Gasteiger partial charge in [-0.2, -0.15) is 0 Å². The molecular formula is C13H12Cl2N2O4. The Labute approximate surface area is 130 Å². The summed E-state index contributed by atoms with van der Waals surface area (Å²) in [5.41, 5.74) is -2.84. The van der Waals surface area contributed by atoms with Crippen molar-refractivity contribution < 1.29 is 19.8 Å². The van der Waals surface area contributed by atoms with E-state index in [4.69, 9.17) is 23.2 Å². The Morgan fingerprint density at radius 3 is 2.52 bits per heavy atom. The Kier molecular flexibility index (Phi) is 3.95. The fourth-order valence-corrected chi connectivity index (χ4v) is 2.96. The Bertz CT molecular complexity index is 649. The number of hydrogen-bond donors (Lipinski definition) is 2. The minimum Gasteiger partial charge on any atom is -0.481 e. The molecule has 2 atom stereocenters. The molecule has 0 radical (unpaired) electrons. The van der Waals surface area contributed by atoms with Gasteiger partial charge < -0.3 is 10.2 Å². The van der Waals surface area contributed by atoms with Gasteiger partial charge in [0.25, 0.3) is 0 Å². The van der Waals surface area contributed by atoms with Gasteiger partial charge in [-0.25, -0.2) is 9.97 Å². The zero-order valence-electron chi connectivity index (χ0n) is 11.0. The number of aromatic nitrogens is 2. The fourth-order valence-electron chi connectivity index (χ4n) is 2.55. The van der Waals surface area contributed by atoms with Crippen LogP contribution < -0.4 is 0 Å². The quantitative estimate of drug-likeness (QED) is 0.652. The molecule has 21 heavy (non-hydrogen) atoms. The molecule has 0 saturated heterocycles. The third-order valence-electron chi connectivity index (χ3n) is 3.69. The molecule has 0 aromatic carbocycles. The second-order valence-electron chi connectivity index (χ2n) is 5.23. The fraction of sp³-hybridized carbons (Fsp3) is 0.385. The first-order chi connectivity index (χ1) is 9.71. The summed E-state index contributed by atoms with van der Waals surface area (Å²) >= 11 is 11.7. The standard InChI is InChI=1S/C13H12Cl2N2O4/c1-12(9(18)19)3-2-4-13(6-12,10(20)21)8-7(14)5-16-11(15)17-8/h2-3,5H,4,6H2,1H3,(H,18,19)(H,20,21). The first kappa shape index (κ1) is 15.7. The predicted octanol–water partition coefficient (Wildman–Crippen LogP) is 2.55. The van der Waals surface area contributed by atoms with Crippen LogP contribution in [0.1, 0.15) is 25.5 Å². The maximum Gasteiger partial charge on any atom is 0.316 e. The lowest BCUT2D eigenvalue weighted by molar-refractivity contribution is -0.151. The number of aliphatic carboxylic acids is 2. The second-order valence-corrected chi connectivity index (χ2v) is 5.97. The molecule has 0 aliphatic heterocycles. The highest BCUT2D eigenvalue weighted by Crippen LogP contribution is 2.46. The van der Waals surface area contributed by atoms with E-state index in [-0.39, 0.29) is 28.8 Å². The Morgan fingerprint density at radius 1 is 1.29 bits per heavy atom. The highest BCUT2D eigenvalue weighted by molar-refractivity contribution is 6.32. The van der Waals surface area contributed by atoms with E-state index in [1.807, 2.05) is 0 Å². The summed E-state index contributed by atoms with van der Waals surface area (Å²) in [6.07, 6.45) is 4.14. The van der Waals surface area contributed by atoms with Crippen LogP contribution in [0.25, 0.3) is 0 Å². The smallest absolute Gasteiger partial charge is 0.316 e. The average Bonchev–Trinajstić information content (AvgIpc) is 2.41. The Morgan fingerprint density at radius 2 is 1.95 bits per heavy atom. The number of carbonyl (C=O) groups is 2. The molecule has 1 heterocycles. The van der Waals surface area contributed by atoms with Crippen molar-refractivity contribution in [2.45, 2.75) is 25.2 Å². The van der Waals surface area contributed by atoms with Gasteiger partial charge in [0.05, 0.1) is 22.3 Å². The van der Waals surface area contributed by atoms with E-state index < -0.39 is 22.8 Å². The third-order valence-corrected chi connectivity index (χ3v) is 4.15. The monoisotopic (exact) mass is 330 g/mol. The van der Waals surface area contributed by atoms with E-state index >= 15 is 0 Å². The molecule has 1 aliphatic rings. The van der Waals surface area contributed by atoms with Crippen molar-refractivity contribution in [3.8, 4) is 0 Å². The van der Waals surface area contributed by atoms with Crippen LogP contribution in [0, 0.1) is 5.41 Å². The van der Waals surface area contributed by atoms with Gasteiger partial charge in [0.15, 0.2) is 0 Å². The first-order valence-electron chi connectivity index (χ1n) is 6.04. The summed E-state index contributed by atoms with van der Waals surface area (Å²) < 4.78 is 0. The summed E-state index contributed by atoms with van der Waals surface area (Å²) in [6.45, 7) is 1.46. The lowest BCUT2D eigenvalue weighted by atomic mass is 9.64. The molecule has 8 heteroatoms. The first-order valence-corrected chi connectivity index (χ1v) is 6.80. The maximum absolute atomic E-state index is 11.9. The largest absolute Gasteiger partial charge is 0.481 e. The predicted molar refractivity (Wildman–Crippen MR) is 75.5 cm³/mol. The summed E-state index contributed by atoms with van der Waals surface area (Å²) in [5, 5.41) is 18.9. The number of halogens is 2. The van der Waals surface area contributed by atoms with Crippen LogP contribution in [0.4, 0.5) is 0 Å². The molecule has 0 fully saturated rings. The van der Waals surface area contributed by atoms with Gasteiger partial charge in [-0.1, -0.05) is 23.8 Å². The molecule has 1 aromatic heterocycles. The third kappa shape index (κ3) is 2.61. The zero-order chi connectivity index (χ0) is 15.8. The number of hydrogen-bond acceptors (Lipinski definition) is 4. The summed E-state index contributed by atoms with van der Waals surface area (Å²) in [5.74, 6) is -2.31. The van der Waals surface area contributed by atoms with Gasteiger partial charge in [0.2, 0.25) is 5.28 Å². The number of nitrogens with zero attached hydrogens (tertiary/aromatic N) is 2. The van der Waals surface area contributed by atoms with Crippen molar-refractivity contribution in [2.24, 2.45) is 5.41 Å². The van der Waals surface area contributed by atoms with Gasteiger partial charge in [-0.05, 0) is 31.4 Å². The van der Waals surface area contributed by atoms with Crippen molar-refractivity contribution >= 4 is 35.1 Å². The van der Waals surface area contributed by atoms with E-state index in [0.717, 1.165) is 0 Å². The van der Waals surface area contributed by atoms with Gasteiger partial charge in [-0.3, -0.25) is 9.59 Å². The molecule has 0 bridgehead atoms. The van der Waals surface area contributed by atoms with Crippen LogP contribution in [-0.2, 0) is 15.0 Å². The molecule has 2 rings (SSSR count). The molecule has 1 aromatic rings. The van der Waals surface area contributed by atoms with Crippen molar-refractivity contribution in [1.29, 1.82) is 0 Å². The van der Waals surface area contributed by atoms with Crippen molar-refractivity contribution in [1.82, 2.24) is 9.97 Å². The average molecular weight is 331 g/mol. The summed E-state index contributed by atoms with van der Waals surface area (Å²) in [4.78, 5) is 30.9. The van der Waals surface area contributed by atoms with E-state index in [1.165, 1.54) is 25.3 Å². The number of rotatable bonds is 3. The molecule has 2 N–H and O–H groups in total. The van der Waals surface area contributed by atoms with Gasteiger partial charge in [0, 0.05) is 0 Å². The van der Waals surface area contributed by atoms with Crippen LogP contribution in [0.3, 0.4) is 0 Å². The molecule has 112 valence electrons. The van der Waals surface area contributed by atoms with Gasteiger partial charge in [0.1, 0.15) is 5.41 Å². The van der Waals surface area contributed by atoms with Crippen molar-refractivity contribution in [2.75, 3.05) is 0 Å². The van der Waals surface area contributed by atoms with E-state index in [1.54, 1.807) is 0 Å². The normalized spacial score (nSPS) is 28.3. The molecule has 0 saturated carbocycles. The van der Waals surface area contributed by atoms with Gasteiger partial charge >= 0.3 is 11.9 Å². The molecule has 1 aliphatic carbocycles. The number of carboxylic acids is 2. The highest BCUT2D eigenvalue weighted by Gasteiger charge is 2.51. The molecule has 0 spiro atoms. The lowest BCUT2D eigenvalue weighted by Gasteiger charge is -2.37. The van der Waals surface area contributed by atoms with Gasteiger partial charge in [-0.15, -0.1) is 0 Å². The summed E-state index contributed by atoms with van der Waals surface area (Å²) in [7, 11) is 0. The van der Waals surface area contributed by atoms with Crippen LogP contribution in [0.2, 0.25) is 10.3 Å². The Balaban J connectivity index is 2.63. The minimum atomic E-state index is -1.55. The van der Waals surface area contributed by atoms with Crippen LogP contribution in [-0.4, -0.2) is 32.1 Å². The topological polar surface area (TPSA) is 100 Å². The molecule has 2 unspecified atom stereocenters. The molecule has 6 nitrogen and oxygen atoms in total. The van der Waals surface area contributed by atoms with Crippen LogP contribution >= 0.6 is 23.2 Å². The SMILES string of the molecule is CC1(C(=O)O)C=CCC(C(=O)O)(c2nc(Cl)ncc2Cl)C1. The van der Waals surface area contributed by atoms with Crippen molar-refractivity contribution in [3.05, 3.63) is 34.3 Å². The lowest BCUT2D eigenvalue weighted by Crippen LogP contribution is -2.45. The van der Waals surface area contributed by atoms with Crippen molar-refractivity contribution in [3.63, 3.8) is 0 Å².